The average molecular weight is 256 g/mol. The molecule has 0 unspecified atom stereocenters. The lowest BCUT2D eigenvalue weighted by molar-refractivity contribution is 0.301. The van der Waals surface area contributed by atoms with Gasteiger partial charge in [0.05, 0.1) is 5.69 Å². The molecule has 0 radical (unpaired) electrons. The van der Waals surface area contributed by atoms with E-state index in [0.717, 1.165) is 11.4 Å². The van der Waals surface area contributed by atoms with Crippen LogP contribution in [-0.4, -0.2) is 4.98 Å². The van der Waals surface area contributed by atoms with E-state index in [0.29, 0.717) is 11.6 Å². The minimum absolute atomic E-state index is 0. The minimum atomic E-state index is 0. The van der Waals surface area contributed by atoms with E-state index in [1.807, 2.05) is 30.3 Å². The Bertz CT molecular complexity index is 417. The fourth-order valence-electron chi connectivity index (χ4n) is 1.17. The summed E-state index contributed by atoms with van der Waals surface area (Å²) < 4.78 is 5.53. The Morgan fingerprint density at radius 3 is 2.44 bits per heavy atom. The number of hydrogen-bond donors (Lipinski definition) is 0. The van der Waals surface area contributed by atoms with Crippen LogP contribution in [0.2, 0.25) is 5.02 Å². The maximum atomic E-state index is 5.76. The SMILES string of the molecule is Cl.Clc1ccc(OCc2ccccn2)cc1. The van der Waals surface area contributed by atoms with Crippen LogP contribution in [0.3, 0.4) is 0 Å². The van der Waals surface area contributed by atoms with E-state index in [9.17, 15) is 0 Å². The molecule has 0 N–H and O–H groups in total. The number of benzene rings is 1. The lowest BCUT2D eigenvalue weighted by Gasteiger charge is -2.04. The van der Waals surface area contributed by atoms with Crippen molar-refractivity contribution in [3.8, 4) is 5.75 Å². The van der Waals surface area contributed by atoms with Crippen LogP contribution in [0.15, 0.2) is 48.7 Å². The Morgan fingerprint density at radius 2 is 1.81 bits per heavy atom. The highest BCUT2D eigenvalue weighted by Crippen LogP contribution is 2.16. The van der Waals surface area contributed by atoms with Gasteiger partial charge in [-0.15, -0.1) is 12.4 Å². The first-order valence-corrected chi connectivity index (χ1v) is 5.01. The summed E-state index contributed by atoms with van der Waals surface area (Å²) in [7, 11) is 0. The zero-order chi connectivity index (χ0) is 10.5. The number of hydrogen-bond acceptors (Lipinski definition) is 2. The molecule has 1 aromatic heterocycles. The molecule has 0 atom stereocenters. The van der Waals surface area contributed by atoms with Crippen molar-refractivity contribution in [2.24, 2.45) is 0 Å². The van der Waals surface area contributed by atoms with Gasteiger partial charge >= 0.3 is 0 Å². The fraction of sp³-hybridized carbons (Fsp3) is 0.0833. The molecular formula is C12H11Cl2NO. The first-order chi connectivity index (χ1) is 7.34. The molecule has 0 aliphatic heterocycles. The van der Waals surface area contributed by atoms with Gasteiger partial charge in [-0.2, -0.15) is 0 Å². The van der Waals surface area contributed by atoms with E-state index in [-0.39, 0.29) is 12.4 Å². The van der Waals surface area contributed by atoms with Gasteiger partial charge in [0.25, 0.3) is 0 Å². The summed E-state index contributed by atoms with van der Waals surface area (Å²) in [6.07, 6.45) is 1.75. The standard InChI is InChI=1S/C12H10ClNO.ClH/c13-10-4-6-12(7-5-10)15-9-11-3-1-2-8-14-11;/h1-8H,9H2;1H. The zero-order valence-corrected chi connectivity index (χ0v) is 10.0. The summed E-state index contributed by atoms with van der Waals surface area (Å²) in [6, 6.07) is 13.0. The Hall–Kier alpha value is -1.25. The van der Waals surface area contributed by atoms with Gasteiger partial charge in [-0.1, -0.05) is 17.7 Å². The van der Waals surface area contributed by atoms with E-state index < -0.39 is 0 Å². The third-order valence-electron chi connectivity index (χ3n) is 1.93. The van der Waals surface area contributed by atoms with Crippen LogP contribution >= 0.6 is 24.0 Å². The molecular weight excluding hydrogens is 245 g/mol. The maximum absolute atomic E-state index is 5.76. The molecule has 0 aliphatic rings. The molecule has 0 amide bonds. The van der Waals surface area contributed by atoms with E-state index in [4.69, 9.17) is 16.3 Å². The van der Waals surface area contributed by atoms with Crippen molar-refractivity contribution in [3.05, 3.63) is 59.4 Å². The molecule has 2 rings (SSSR count). The first-order valence-electron chi connectivity index (χ1n) is 4.63. The minimum Gasteiger partial charge on any atom is -0.487 e. The number of pyridine rings is 1. The number of nitrogens with zero attached hydrogens (tertiary/aromatic N) is 1. The van der Waals surface area contributed by atoms with Gasteiger partial charge in [-0.25, -0.2) is 0 Å². The summed E-state index contributed by atoms with van der Waals surface area (Å²) in [5.74, 6) is 0.796. The van der Waals surface area contributed by atoms with Crippen LogP contribution in [-0.2, 0) is 6.61 Å². The van der Waals surface area contributed by atoms with Crippen molar-refractivity contribution in [2.45, 2.75) is 6.61 Å². The average Bonchev–Trinajstić information content (AvgIpc) is 2.30. The van der Waals surface area contributed by atoms with E-state index in [1.54, 1.807) is 18.3 Å². The Kier molecular flexibility index (Phi) is 5.09. The van der Waals surface area contributed by atoms with E-state index >= 15 is 0 Å². The Balaban J connectivity index is 0.00000128. The van der Waals surface area contributed by atoms with Gasteiger partial charge in [-0.3, -0.25) is 4.98 Å². The van der Waals surface area contributed by atoms with Crippen molar-refractivity contribution in [2.75, 3.05) is 0 Å². The van der Waals surface area contributed by atoms with Gasteiger partial charge in [0.15, 0.2) is 0 Å². The summed E-state index contributed by atoms with van der Waals surface area (Å²) in [5.41, 5.74) is 0.910. The number of ether oxygens (including phenoxy) is 1. The topological polar surface area (TPSA) is 22.1 Å². The van der Waals surface area contributed by atoms with Crippen molar-refractivity contribution in [3.63, 3.8) is 0 Å². The highest BCUT2D eigenvalue weighted by molar-refractivity contribution is 6.30. The van der Waals surface area contributed by atoms with Crippen LogP contribution in [0.1, 0.15) is 5.69 Å². The van der Waals surface area contributed by atoms with Gasteiger partial charge in [-0.05, 0) is 36.4 Å². The van der Waals surface area contributed by atoms with Gasteiger partial charge < -0.3 is 4.74 Å². The summed E-state index contributed by atoms with van der Waals surface area (Å²) >= 11 is 5.76. The Labute approximate surface area is 106 Å². The number of rotatable bonds is 3. The third kappa shape index (κ3) is 3.72. The quantitative estimate of drug-likeness (QED) is 0.834. The molecule has 1 heterocycles. The molecule has 84 valence electrons. The predicted octanol–water partition coefficient (Wildman–Crippen LogP) is 3.74. The number of halogens is 2. The second kappa shape index (κ2) is 6.36. The molecule has 0 saturated heterocycles. The maximum Gasteiger partial charge on any atom is 0.130 e. The second-order valence-electron chi connectivity index (χ2n) is 3.06. The molecule has 2 nitrogen and oxygen atoms in total. The normalized spacial score (nSPS) is 9.31. The predicted molar refractivity (Wildman–Crippen MR) is 67.3 cm³/mol. The summed E-state index contributed by atoms with van der Waals surface area (Å²) in [4.78, 5) is 4.16. The van der Waals surface area contributed by atoms with Crippen LogP contribution in [0, 0.1) is 0 Å². The molecule has 1 aromatic carbocycles. The zero-order valence-electron chi connectivity index (χ0n) is 8.47. The van der Waals surface area contributed by atoms with Crippen LogP contribution in [0.4, 0.5) is 0 Å². The summed E-state index contributed by atoms with van der Waals surface area (Å²) in [6.45, 7) is 0.475. The monoisotopic (exact) mass is 255 g/mol. The molecule has 0 spiro atoms. The van der Waals surface area contributed by atoms with Crippen LogP contribution in [0.25, 0.3) is 0 Å². The molecule has 2 aromatic rings. The number of aromatic nitrogens is 1. The molecule has 4 heteroatoms. The summed E-state index contributed by atoms with van der Waals surface area (Å²) in [5, 5.41) is 0.709. The lowest BCUT2D eigenvalue weighted by Crippen LogP contribution is -1.96. The third-order valence-corrected chi connectivity index (χ3v) is 2.18. The van der Waals surface area contributed by atoms with E-state index in [2.05, 4.69) is 4.98 Å². The second-order valence-corrected chi connectivity index (χ2v) is 3.50. The smallest absolute Gasteiger partial charge is 0.130 e. The highest BCUT2D eigenvalue weighted by atomic mass is 35.5. The van der Waals surface area contributed by atoms with Crippen LogP contribution < -0.4 is 4.74 Å². The Morgan fingerprint density at radius 1 is 1.06 bits per heavy atom. The molecule has 0 bridgehead atoms. The highest BCUT2D eigenvalue weighted by Gasteiger charge is 1.95. The van der Waals surface area contributed by atoms with Crippen molar-refractivity contribution in [1.82, 2.24) is 4.98 Å². The van der Waals surface area contributed by atoms with E-state index in [1.165, 1.54) is 0 Å². The van der Waals surface area contributed by atoms with Gasteiger partial charge in [0.1, 0.15) is 12.4 Å². The van der Waals surface area contributed by atoms with Crippen molar-refractivity contribution >= 4 is 24.0 Å². The van der Waals surface area contributed by atoms with Crippen molar-refractivity contribution in [1.29, 1.82) is 0 Å². The fourth-order valence-corrected chi connectivity index (χ4v) is 1.30. The molecule has 0 saturated carbocycles. The molecule has 0 aliphatic carbocycles. The largest absolute Gasteiger partial charge is 0.487 e. The van der Waals surface area contributed by atoms with Crippen molar-refractivity contribution < 1.29 is 4.74 Å². The molecule has 16 heavy (non-hydrogen) atoms. The van der Waals surface area contributed by atoms with Gasteiger partial charge in [0, 0.05) is 11.2 Å². The lowest BCUT2D eigenvalue weighted by atomic mass is 10.3. The first kappa shape index (κ1) is 12.8. The van der Waals surface area contributed by atoms with Gasteiger partial charge in [0.2, 0.25) is 0 Å². The van der Waals surface area contributed by atoms with Crippen LogP contribution in [0.5, 0.6) is 5.75 Å². The molecule has 0 fully saturated rings.